The zero-order valence-electron chi connectivity index (χ0n) is 16.0. The predicted octanol–water partition coefficient (Wildman–Crippen LogP) is 4.19. The van der Waals surface area contributed by atoms with Crippen LogP contribution in [-0.4, -0.2) is 30.2 Å². The molecular weight excluding hydrogens is 392 g/mol. The molecule has 0 fully saturated rings. The van der Waals surface area contributed by atoms with Gasteiger partial charge >= 0.3 is 5.97 Å². The van der Waals surface area contributed by atoms with E-state index in [2.05, 4.69) is 0 Å². The summed E-state index contributed by atoms with van der Waals surface area (Å²) in [4.78, 5) is 38.6. The highest BCUT2D eigenvalue weighted by Crippen LogP contribution is 2.36. The lowest BCUT2D eigenvalue weighted by Gasteiger charge is -2.18. The fourth-order valence-electron chi connectivity index (χ4n) is 3.14. The number of thioether (sulfide) groups is 1. The Kier molecular flexibility index (Phi) is 5.84. The molecule has 0 saturated heterocycles. The molecular formula is C21H18N2O5S. The maximum Gasteiger partial charge on any atom is 0.340 e. The lowest BCUT2D eigenvalue weighted by atomic mass is 10.0. The summed E-state index contributed by atoms with van der Waals surface area (Å²) < 4.78 is 4.88. The molecule has 0 aliphatic carbocycles. The van der Waals surface area contributed by atoms with Gasteiger partial charge in [-0.3, -0.25) is 19.8 Å². The van der Waals surface area contributed by atoms with Crippen molar-refractivity contribution in [2.75, 3.05) is 18.3 Å². The topological polar surface area (TPSA) is 89.8 Å². The van der Waals surface area contributed by atoms with E-state index in [0.717, 1.165) is 4.90 Å². The van der Waals surface area contributed by atoms with Gasteiger partial charge < -0.3 is 4.74 Å². The maximum atomic E-state index is 13.2. The Balaban J connectivity index is 2.14. The standard InChI is InChI=1S/C21H18N2O5S/c1-13-19(21(25)28-2)18(11-14-6-4-8-16(10-14)23(26)27)20(24)22(13)15-7-5-9-17(12-15)29-3/h4-12H,1-3H3/b18-11-. The van der Waals surface area contributed by atoms with E-state index < -0.39 is 16.8 Å². The van der Waals surface area contributed by atoms with E-state index in [1.807, 2.05) is 24.5 Å². The fourth-order valence-corrected chi connectivity index (χ4v) is 3.59. The molecule has 148 valence electrons. The van der Waals surface area contributed by atoms with Gasteiger partial charge in [0.15, 0.2) is 0 Å². The van der Waals surface area contributed by atoms with Crippen LogP contribution in [0.1, 0.15) is 12.5 Å². The number of allylic oxidation sites excluding steroid dienone is 1. The van der Waals surface area contributed by atoms with Crippen molar-refractivity contribution in [3.63, 3.8) is 0 Å². The van der Waals surface area contributed by atoms with Gasteiger partial charge in [-0.15, -0.1) is 11.8 Å². The molecule has 0 atom stereocenters. The maximum absolute atomic E-state index is 13.2. The van der Waals surface area contributed by atoms with Gasteiger partial charge in [-0.1, -0.05) is 18.2 Å². The second-order valence-electron chi connectivity index (χ2n) is 6.20. The number of rotatable bonds is 5. The molecule has 0 N–H and O–H groups in total. The first-order valence-corrected chi connectivity index (χ1v) is 9.84. The van der Waals surface area contributed by atoms with Gasteiger partial charge in [-0.05, 0) is 43.0 Å². The SMILES string of the molecule is COC(=O)C1=C(C)N(c2cccc(SC)c2)C(=O)/C1=C\c1cccc([N+](=O)[O-])c1. The summed E-state index contributed by atoms with van der Waals surface area (Å²) in [5, 5.41) is 11.0. The van der Waals surface area contributed by atoms with Gasteiger partial charge in [0.25, 0.3) is 11.6 Å². The van der Waals surface area contributed by atoms with Crippen molar-refractivity contribution in [2.24, 2.45) is 0 Å². The van der Waals surface area contributed by atoms with E-state index in [4.69, 9.17) is 4.74 Å². The molecule has 1 aliphatic rings. The van der Waals surface area contributed by atoms with E-state index in [-0.39, 0.29) is 16.8 Å². The van der Waals surface area contributed by atoms with Crippen molar-refractivity contribution in [3.8, 4) is 0 Å². The number of nitro benzene ring substituents is 1. The summed E-state index contributed by atoms with van der Waals surface area (Å²) in [5.74, 6) is -1.04. The number of methoxy groups -OCH3 is 1. The minimum atomic E-state index is -0.643. The summed E-state index contributed by atoms with van der Waals surface area (Å²) >= 11 is 1.54. The monoisotopic (exact) mass is 410 g/mol. The Bertz CT molecular complexity index is 1070. The van der Waals surface area contributed by atoms with Gasteiger partial charge in [0.2, 0.25) is 0 Å². The third kappa shape index (κ3) is 3.93. The van der Waals surface area contributed by atoms with Crippen LogP contribution in [0.15, 0.2) is 70.3 Å². The van der Waals surface area contributed by atoms with Crippen LogP contribution in [0.5, 0.6) is 0 Å². The minimum Gasteiger partial charge on any atom is -0.465 e. The molecule has 0 radical (unpaired) electrons. The molecule has 0 unspecified atom stereocenters. The molecule has 0 bridgehead atoms. The van der Waals surface area contributed by atoms with Gasteiger partial charge in [0, 0.05) is 22.7 Å². The van der Waals surface area contributed by atoms with E-state index >= 15 is 0 Å². The highest BCUT2D eigenvalue weighted by molar-refractivity contribution is 7.98. The van der Waals surface area contributed by atoms with E-state index in [1.165, 1.54) is 48.0 Å². The molecule has 0 spiro atoms. The van der Waals surface area contributed by atoms with Crippen molar-refractivity contribution in [1.29, 1.82) is 0 Å². The molecule has 0 aromatic heterocycles. The number of ether oxygens (including phenoxy) is 1. The summed E-state index contributed by atoms with van der Waals surface area (Å²) in [6.45, 7) is 1.67. The van der Waals surface area contributed by atoms with Crippen LogP contribution in [0.4, 0.5) is 11.4 Å². The molecule has 7 nitrogen and oxygen atoms in total. The highest BCUT2D eigenvalue weighted by Gasteiger charge is 2.38. The fraction of sp³-hybridized carbons (Fsp3) is 0.143. The number of non-ortho nitro benzene ring substituents is 1. The van der Waals surface area contributed by atoms with Gasteiger partial charge in [-0.2, -0.15) is 0 Å². The van der Waals surface area contributed by atoms with Crippen LogP contribution in [0.25, 0.3) is 6.08 Å². The number of nitro groups is 1. The molecule has 2 aromatic rings. The third-order valence-corrected chi connectivity index (χ3v) is 5.22. The van der Waals surface area contributed by atoms with Gasteiger partial charge in [0.1, 0.15) is 0 Å². The minimum absolute atomic E-state index is 0.102. The largest absolute Gasteiger partial charge is 0.465 e. The number of anilines is 1. The number of nitrogens with zero attached hydrogens (tertiary/aromatic N) is 2. The normalized spacial score (nSPS) is 15.2. The van der Waals surface area contributed by atoms with Gasteiger partial charge in [0.05, 0.1) is 28.9 Å². The average molecular weight is 410 g/mol. The third-order valence-electron chi connectivity index (χ3n) is 4.49. The molecule has 1 amide bonds. The van der Waals surface area contributed by atoms with E-state index in [9.17, 15) is 19.7 Å². The summed E-state index contributed by atoms with van der Waals surface area (Å²) in [7, 11) is 1.25. The van der Waals surface area contributed by atoms with Crippen LogP contribution in [-0.2, 0) is 14.3 Å². The molecule has 29 heavy (non-hydrogen) atoms. The number of amides is 1. The zero-order valence-corrected chi connectivity index (χ0v) is 16.9. The molecule has 0 saturated carbocycles. The summed E-state index contributed by atoms with van der Waals surface area (Å²) in [5.41, 5.74) is 1.68. The lowest BCUT2D eigenvalue weighted by molar-refractivity contribution is -0.384. The van der Waals surface area contributed by atoms with Crippen LogP contribution < -0.4 is 4.90 Å². The summed E-state index contributed by atoms with van der Waals surface area (Å²) in [6, 6.07) is 13.3. The van der Waals surface area contributed by atoms with E-state index in [0.29, 0.717) is 16.9 Å². The second kappa shape index (κ2) is 8.32. The Morgan fingerprint density at radius 3 is 2.59 bits per heavy atom. The Morgan fingerprint density at radius 2 is 1.93 bits per heavy atom. The Morgan fingerprint density at radius 1 is 1.21 bits per heavy atom. The van der Waals surface area contributed by atoms with Crippen LogP contribution in [0.3, 0.4) is 0 Å². The average Bonchev–Trinajstić information content (AvgIpc) is 2.97. The van der Waals surface area contributed by atoms with Crippen molar-refractivity contribution in [2.45, 2.75) is 11.8 Å². The first-order valence-electron chi connectivity index (χ1n) is 8.61. The van der Waals surface area contributed by atoms with E-state index in [1.54, 1.807) is 19.1 Å². The number of hydrogen-bond donors (Lipinski definition) is 0. The molecule has 1 heterocycles. The quantitative estimate of drug-likeness (QED) is 0.241. The Labute approximate surface area is 171 Å². The number of hydrogen-bond acceptors (Lipinski definition) is 6. The second-order valence-corrected chi connectivity index (χ2v) is 7.08. The van der Waals surface area contributed by atoms with Crippen molar-refractivity contribution >= 4 is 41.1 Å². The zero-order chi connectivity index (χ0) is 21.1. The number of carbonyl (C=O) groups excluding carboxylic acids is 2. The van der Waals surface area contributed by atoms with Crippen molar-refractivity contribution in [1.82, 2.24) is 0 Å². The first kappa shape index (κ1) is 20.3. The number of esters is 1. The molecule has 3 rings (SSSR count). The molecule has 1 aliphatic heterocycles. The molecule has 8 heteroatoms. The predicted molar refractivity (Wildman–Crippen MR) is 111 cm³/mol. The first-order chi connectivity index (χ1) is 13.9. The number of benzene rings is 2. The van der Waals surface area contributed by atoms with Crippen LogP contribution >= 0.6 is 11.8 Å². The van der Waals surface area contributed by atoms with Crippen molar-refractivity contribution in [3.05, 3.63) is 81.1 Å². The number of carbonyl (C=O) groups is 2. The smallest absolute Gasteiger partial charge is 0.340 e. The molecule has 2 aromatic carbocycles. The Hall–Kier alpha value is -3.39. The van der Waals surface area contributed by atoms with Crippen LogP contribution in [0.2, 0.25) is 0 Å². The van der Waals surface area contributed by atoms with Gasteiger partial charge in [-0.25, -0.2) is 4.79 Å². The van der Waals surface area contributed by atoms with Crippen LogP contribution in [0, 0.1) is 10.1 Å². The lowest BCUT2D eigenvalue weighted by Crippen LogP contribution is -2.24. The summed E-state index contributed by atoms with van der Waals surface area (Å²) in [6.07, 6.45) is 3.41. The highest BCUT2D eigenvalue weighted by atomic mass is 32.2. The van der Waals surface area contributed by atoms with Crippen molar-refractivity contribution < 1.29 is 19.2 Å².